The van der Waals surface area contributed by atoms with Crippen molar-refractivity contribution in [2.45, 2.75) is 6.92 Å². The van der Waals surface area contributed by atoms with Crippen molar-refractivity contribution in [3.8, 4) is 0 Å². The Bertz CT molecular complexity index is 579. The molecule has 0 spiro atoms. The van der Waals surface area contributed by atoms with E-state index in [0.717, 1.165) is 10.1 Å². The second kappa shape index (κ2) is 4.55. The number of carbonyl (C=O) groups excluding carboxylic acids is 1. The first kappa shape index (κ1) is 12.2. The molecular weight excluding hydrogens is 256 g/mol. The van der Waals surface area contributed by atoms with E-state index in [9.17, 15) is 4.79 Å². The molecule has 1 heterocycles. The molecule has 1 aromatic carbocycles. The lowest BCUT2D eigenvalue weighted by Crippen LogP contribution is -2.25. The van der Waals surface area contributed by atoms with Crippen molar-refractivity contribution < 1.29 is 4.79 Å². The van der Waals surface area contributed by atoms with Gasteiger partial charge in [0.25, 0.3) is 5.91 Å². The Balaban J connectivity index is 2.61. The van der Waals surface area contributed by atoms with Gasteiger partial charge in [0, 0.05) is 23.7 Å². The molecule has 5 heteroatoms. The van der Waals surface area contributed by atoms with Gasteiger partial charge in [0.05, 0.1) is 10.7 Å². The van der Waals surface area contributed by atoms with Crippen molar-refractivity contribution in [3.63, 3.8) is 0 Å². The van der Waals surface area contributed by atoms with Gasteiger partial charge in [0.15, 0.2) is 0 Å². The van der Waals surface area contributed by atoms with Crippen LogP contribution in [0.15, 0.2) is 18.2 Å². The van der Waals surface area contributed by atoms with E-state index in [2.05, 4.69) is 0 Å². The van der Waals surface area contributed by atoms with E-state index >= 15 is 0 Å². The number of benzene rings is 1. The van der Waals surface area contributed by atoms with Crippen LogP contribution in [0, 0.1) is 0 Å². The lowest BCUT2D eigenvalue weighted by atomic mass is 10.2. The zero-order valence-electron chi connectivity index (χ0n) is 9.66. The van der Waals surface area contributed by atoms with Gasteiger partial charge in [0.1, 0.15) is 4.88 Å². The van der Waals surface area contributed by atoms with Crippen molar-refractivity contribution in [3.05, 3.63) is 28.1 Å². The van der Waals surface area contributed by atoms with Crippen molar-refractivity contribution in [2.24, 2.45) is 0 Å². The Morgan fingerprint density at radius 1 is 1.53 bits per heavy atom. The smallest absolute Gasteiger partial charge is 0.265 e. The number of hydrogen-bond donors (Lipinski definition) is 1. The molecule has 2 rings (SSSR count). The number of nitrogens with two attached hydrogens (primary N) is 1. The molecule has 1 amide bonds. The monoisotopic (exact) mass is 268 g/mol. The number of fused-ring (bicyclic) bond motifs is 1. The number of carbonyl (C=O) groups is 1. The minimum Gasteiger partial charge on any atom is -0.397 e. The van der Waals surface area contributed by atoms with E-state index in [-0.39, 0.29) is 5.91 Å². The molecule has 0 aliphatic heterocycles. The highest BCUT2D eigenvalue weighted by atomic mass is 35.5. The first-order valence-corrected chi connectivity index (χ1v) is 6.47. The molecule has 2 aromatic rings. The summed E-state index contributed by atoms with van der Waals surface area (Å²) in [7, 11) is 1.76. The Hall–Kier alpha value is -1.26. The highest BCUT2D eigenvalue weighted by Crippen LogP contribution is 2.38. The molecule has 0 bridgehead atoms. The third kappa shape index (κ3) is 1.98. The molecular formula is C12H13ClN2OS. The molecule has 0 radical (unpaired) electrons. The van der Waals surface area contributed by atoms with Gasteiger partial charge in [0.2, 0.25) is 0 Å². The number of rotatable bonds is 2. The molecule has 2 N–H and O–H groups in total. The summed E-state index contributed by atoms with van der Waals surface area (Å²) in [5.74, 6) is -0.0535. The average molecular weight is 269 g/mol. The van der Waals surface area contributed by atoms with Crippen LogP contribution < -0.4 is 5.73 Å². The minimum atomic E-state index is -0.0535. The third-order valence-corrected chi connectivity index (χ3v) is 4.19. The second-order valence-corrected chi connectivity index (χ2v) is 5.24. The summed E-state index contributed by atoms with van der Waals surface area (Å²) < 4.78 is 0.947. The SMILES string of the molecule is CCN(C)C(=O)c1sc2cccc(Cl)c2c1N. The minimum absolute atomic E-state index is 0.0535. The summed E-state index contributed by atoms with van der Waals surface area (Å²) in [5, 5.41) is 1.38. The van der Waals surface area contributed by atoms with E-state index in [0.29, 0.717) is 22.1 Å². The van der Waals surface area contributed by atoms with Gasteiger partial charge >= 0.3 is 0 Å². The van der Waals surface area contributed by atoms with Crippen LogP contribution >= 0.6 is 22.9 Å². The zero-order valence-corrected chi connectivity index (χ0v) is 11.2. The maximum Gasteiger partial charge on any atom is 0.265 e. The van der Waals surface area contributed by atoms with Crippen LogP contribution in [-0.4, -0.2) is 24.4 Å². The fourth-order valence-corrected chi connectivity index (χ4v) is 3.08. The van der Waals surface area contributed by atoms with Gasteiger partial charge in [-0.2, -0.15) is 0 Å². The molecule has 0 aliphatic rings. The molecule has 0 unspecified atom stereocenters. The summed E-state index contributed by atoms with van der Waals surface area (Å²) >= 11 is 7.48. The van der Waals surface area contributed by atoms with Gasteiger partial charge in [-0.25, -0.2) is 0 Å². The summed E-state index contributed by atoms with van der Waals surface area (Å²) in [6.45, 7) is 2.58. The summed E-state index contributed by atoms with van der Waals surface area (Å²) in [6.07, 6.45) is 0. The first-order chi connectivity index (χ1) is 8.06. The second-order valence-electron chi connectivity index (χ2n) is 3.78. The van der Waals surface area contributed by atoms with Crippen LogP contribution in [0.5, 0.6) is 0 Å². The standard InChI is InChI=1S/C12H13ClN2OS/c1-3-15(2)12(16)11-10(14)9-7(13)5-4-6-8(9)17-11/h4-6H,3,14H2,1-2H3. The van der Waals surface area contributed by atoms with Gasteiger partial charge in [-0.15, -0.1) is 11.3 Å². The lowest BCUT2D eigenvalue weighted by molar-refractivity contribution is 0.0808. The van der Waals surface area contributed by atoms with Crippen molar-refractivity contribution in [1.82, 2.24) is 4.90 Å². The highest BCUT2D eigenvalue weighted by Gasteiger charge is 2.19. The predicted octanol–water partition coefficient (Wildman–Crippen LogP) is 3.23. The van der Waals surface area contributed by atoms with Crippen LogP contribution in [0.3, 0.4) is 0 Å². The number of hydrogen-bond acceptors (Lipinski definition) is 3. The zero-order chi connectivity index (χ0) is 12.6. The van der Waals surface area contributed by atoms with Gasteiger partial charge in [-0.3, -0.25) is 4.79 Å². The Labute approximate surface area is 109 Å². The van der Waals surface area contributed by atoms with E-state index in [1.165, 1.54) is 11.3 Å². The quantitative estimate of drug-likeness (QED) is 0.909. The molecule has 0 saturated carbocycles. The summed E-state index contributed by atoms with van der Waals surface area (Å²) in [6, 6.07) is 5.56. The summed E-state index contributed by atoms with van der Waals surface area (Å²) in [5.41, 5.74) is 6.50. The van der Waals surface area contributed by atoms with Crippen LogP contribution in [0.4, 0.5) is 5.69 Å². The maximum absolute atomic E-state index is 12.1. The number of anilines is 1. The van der Waals surface area contributed by atoms with Crippen LogP contribution in [0.1, 0.15) is 16.6 Å². The van der Waals surface area contributed by atoms with Crippen molar-refractivity contribution >= 4 is 44.6 Å². The van der Waals surface area contributed by atoms with Gasteiger partial charge < -0.3 is 10.6 Å². The molecule has 1 aromatic heterocycles. The number of halogens is 1. The van der Waals surface area contributed by atoms with Crippen LogP contribution in [-0.2, 0) is 0 Å². The maximum atomic E-state index is 12.1. The molecule has 90 valence electrons. The number of amides is 1. The molecule has 0 saturated heterocycles. The van der Waals surface area contributed by atoms with Crippen molar-refractivity contribution in [2.75, 3.05) is 19.3 Å². The number of thiophene rings is 1. The lowest BCUT2D eigenvalue weighted by Gasteiger charge is -2.13. The topological polar surface area (TPSA) is 46.3 Å². The third-order valence-electron chi connectivity index (χ3n) is 2.72. The van der Waals surface area contributed by atoms with Crippen LogP contribution in [0.25, 0.3) is 10.1 Å². The Morgan fingerprint density at radius 2 is 2.24 bits per heavy atom. The highest BCUT2D eigenvalue weighted by molar-refractivity contribution is 7.21. The van der Waals surface area contributed by atoms with Crippen LogP contribution in [0.2, 0.25) is 5.02 Å². The van der Waals surface area contributed by atoms with E-state index in [1.807, 2.05) is 19.1 Å². The van der Waals surface area contributed by atoms with E-state index in [4.69, 9.17) is 17.3 Å². The largest absolute Gasteiger partial charge is 0.397 e. The fourth-order valence-electron chi connectivity index (χ4n) is 1.61. The molecule has 0 aliphatic carbocycles. The molecule has 0 atom stereocenters. The molecule has 0 fully saturated rings. The molecule has 3 nitrogen and oxygen atoms in total. The van der Waals surface area contributed by atoms with E-state index < -0.39 is 0 Å². The first-order valence-electron chi connectivity index (χ1n) is 5.28. The van der Waals surface area contributed by atoms with Gasteiger partial charge in [-0.05, 0) is 19.1 Å². The average Bonchev–Trinajstić information content (AvgIpc) is 2.66. The van der Waals surface area contributed by atoms with Gasteiger partial charge in [-0.1, -0.05) is 17.7 Å². The molecule has 17 heavy (non-hydrogen) atoms. The predicted molar refractivity (Wildman–Crippen MR) is 73.9 cm³/mol. The Morgan fingerprint density at radius 3 is 2.82 bits per heavy atom. The van der Waals surface area contributed by atoms with Crippen molar-refractivity contribution in [1.29, 1.82) is 0 Å². The number of nitrogens with zero attached hydrogens (tertiary/aromatic N) is 1. The number of nitrogen functional groups attached to an aromatic ring is 1. The summed E-state index contributed by atoms with van der Waals surface area (Å²) in [4.78, 5) is 14.3. The fraction of sp³-hybridized carbons (Fsp3) is 0.250. The van der Waals surface area contributed by atoms with E-state index in [1.54, 1.807) is 18.0 Å². The Kier molecular flexibility index (Phi) is 3.26. The normalized spacial score (nSPS) is 10.8.